The summed E-state index contributed by atoms with van der Waals surface area (Å²) in [6.45, 7) is 3.90. The van der Waals surface area contributed by atoms with Crippen molar-refractivity contribution in [2.24, 2.45) is 23.5 Å². The molecule has 4 aliphatic carbocycles. The minimum Gasteiger partial charge on any atom is -0.505 e. The smallest absolute Gasteiger partial charge is 0.142 e. The molecule has 5 aliphatic rings. The molecule has 136 valence electrons. The molecule has 5 fully saturated rings. The van der Waals surface area contributed by atoms with Gasteiger partial charge in [-0.05, 0) is 93.1 Å². The van der Waals surface area contributed by atoms with Crippen LogP contribution in [0.25, 0.3) is 0 Å². The second-order valence-corrected chi connectivity index (χ2v) is 9.60. The van der Waals surface area contributed by atoms with E-state index < -0.39 is 0 Å². The fourth-order valence-corrected chi connectivity index (χ4v) is 7.22. The Morgan fingerprint density at radius 3 is 2.36 bits per heavy atom. The molecular formula is C22H32N2O. The van der Waals surface area contributed by atoms with E-state index in [4.69, 9.17) is 5.73 Å². The summed E-state index contributed by atoms with van der Waals surface area (Å²) >= 11 is 0. The Bertz CT molecular complexity index is 648. The highest BCUT2D eigenvalue weighted by atomic mass is 16.3. The first-order valence-corrected chi connectivity index (χ1v) is 10.4. The van der Waals surface area contributed by atoms with Crippen molar-refractivity contribution < 1.29 is 5.11 Å². The van der Waals surface area contributed by atoms with Gasteiger partial charge < -0.3 is 15.7 Å². The summed E-state index contributed by atoms with van der Waals surface area (Å²) in [4.78, 5) is 2.38. The van der Waals surface area contributed by atoms with Crippen molar-refractivity contribution in [3.05, 3.63) is 23.3 Å². The van der Waals surface area contributed by atoms with Crippen LogP contribution in [0.2, 0.25) is 0 Å². The Morgan fingerprint density at radius 1 is 1.12 bits per heavy atom. The lowest BCUT2D eigenvalue weighted by atomic mass is 9.48. The Balaban J connectivity index is 1.58. The molecule has 4 saturated carbocycles. The zero-order valence-corrected chi connectivity index (χ0v) is 15.5. The summed E-state index contributed by atoms with van der Waals surface area (Å²) in [7, 11) is 0. The standard InChI is InChI=1S/C22H32N2O/c1-14-5-19(21(25)20(6-14)24-4-2-3-18(24)13-23)22-10-15-7-16(11-22)9-17(8-15)12-22/h5-6,15-18,25H,2-4,7-13,23H2,1H3. The summed E-state index contributed by atoms with van der Waals surface area (Å²) in [6, 6.07) is 4.88. The molecule has 0 spiro atoms. The molecule has 1 heterocycles. The van der Waals surface area contributed by atoms with Crippen molar-refractivity contribution >= 4 is 5.69 Å². The maximum absolute atomic E-state index is 11.4. The van der Waals surface area contributed by atoms with Crippen molar-refractivity contribution in [2.75, 3.05) is 18.0 Å². The number of rotatable bonds is 3. The van der Waals surface area contributed by atoms with Crippen LogP contribution in [0, 0.1) is 24.7 Å². The van der Waals surface area contributed by atoms with E-state index in [0.29, 0.717) is 18.3 Å². The van der Waals surface area contributed by atoms with Crippen molar-refractivity contribution in [1.29, 1.82) is 0 Å². The highest BCUT2D eigenvalue weighted by Gasteiger charge is 2.52. The number of nitrogens with two attached hydrogens (primary N) is 1. The Morgan fingerprint density at radius 2 is 1.76 bits per heavy atom. The second-order valence-electron chi connectivity index (χ2n) is 9.60. The molecule has 1 aromatic carbocycles. The van der Waals surface area contributed by atoms with Gasteiger partial charge in [-0.2, -0.15) is 0 Å². The molecule has 3 nitrogen and oxygen atoms in total. The van der Waals surface area contributed by atoms with E-state index in [1.54, 1.807) is 0 Å². The van der Waals surface area contributed by atoms with Gasteiger partial charge in [-0.1, -0.05) is 6.07 Å². The molecule has 0 amide bonds. The average molecular weight is 341 g/mol. The van der Waals surface area contributed by atoms with Crippen LogP contribution in [-0.4, -0.2) is 24.2 Å². The highest BCUT2D eigenvalue weighted by Crippen LogP contribution is 2.62. The van der Waals surface area contributed by atoms with Crippen molar-refractivity contribution in [2.45, 2.75) is 69.7 Å². The molecule has 1 aliphatic heterocycles. The molecule has 25 heavy (non-hydrogen) atoms. The quantitative estimate of drug-likeness (QED) is 0.871. The Kier molecular flexibility index (Phi) is 3.61. The molecule has 1 atom stereocenters. The monoisotopic (exact) mass is 340 g/mol. The third-order valence-corrected chi connectivity index (χ3v) is 7.80. The zero-order valence-electron chi connectivity index (χ0n) is 15.5. The predicted octanol–water partition coefficient (Wildman–Crippen LogP) is 4.10. The van der Waals surface area contributed by atoms with E-state index in [-0.39, 0.29) is 5.41 Å². The molecule has 1 aromatic rings. The number of aryl methyl sites for hydroxylation is 1. The molecule has 3 heteroatoms. The minimum atomic E-state index is 0.248. The van der Waals surface area contributed by atoms with Gasteiger partial charge in [-0.25, -0.2) is 0 Å². The molecule has 4 bridgehead atoms. The normalized spacial score (nSPS) is 39.4. The summed E-state index contributed by atoms with van der Waals surface area (Å²) in [5, 5.41) is 11.4. The van der Waals surface area contributed by atoms with Crippen LogP contribution in [0.4, 0.5) is 5.69 Å². The lowest BCUT2D eigenvalue weighted by Gasteiger charge is -2.57. The molecule has 3 N–H and O–H groups in total. The fourth-order valence-electron chi connectivity index (χ4n) is 7.22. The number of phenolic OH excluding ortho intramolecular Hbond substituents is 1. The van der Waals surface area contributed by atoms with Crippen molar-refractivity contribution in [1.82, 2.24) is 0 Å². The van der Waals surface area contributed by atoms with Crippen molar-refractivity contribution in [3.8, 4) is 5.75 Å². The number of anilines is 1. The van der Waals surface area contributed by atoms with Gasteiger partial charge in [0.05, 0.1) is 5.69 Å². The largest absolute Gasteiger partial charge is 0.505 e. The van der Waals surface area contributed by atoms with Gasteiger partial charge in [0.15, 0.2) is 0 Å². The van der Waals surface area contributed by atoms with E-state index >= 15 is 0 Å². The molecular weight excluding hydrogens is 308 g/mol. The molecule has 1 unspecified atom stereocenters. The topological polar surface area (TPSA) is 49.5 Å². The first-order chi connectivity index (χ1) is 12.1. The Hall–Kier alpha value is -1.22. The van der Waals surface area contributed by atoms with Crippen LogP contribution < -0.4 is 10.6 Å². The van der Waals surface area contributed by atoms with Gasteiger partial charge in [-0.15, -0.1) is 0 Å². The molecule has 1 saturated heterocycles. The molecule has 0 aromatic heterocycles. The van der Waals surface area contributed by atoms with Gasteiger partial charge in [0.1, 0.15) is 5.75 Å². The highest BCUT2D eigenvalue weighted by molar-refractivity contribution is 5.66. The van der Waals surface area contributed by atoms with Crippen LogP contribution in [0.5, 0.6) is 5.75 Å². The number of hydrogen-bond donors (Lipinski definition) is 2. The SMILES string of the molecule is Cc1cc(N2CCCC2CN)c(O)c(C23CC4CC(CC(C4)C2)C3)c1. The number of nitrogens with zero attached hydrogens (tertiary/aromatic N) is 1. The summed E-state index contributed by atoms with van der Waals surface area (Å²) in [5.41, 5.74) is 9.87. The van der Waals surface area contributed by atoms with Crippen molar-refractivity contribution in [3.63, 3.8) is 0 Å². The zero-order chi connectivity index (χ0) is 17.2. The van der Waals surface area contributed by atoms with Crippen LogP contribution >= 0.6 is 0 Å². The third-order valence-electron chi connectivity index (χ3n) is 7.80. The minimum absolute atomic E-state index is 0.248. The predicted molar refractivity (Wildman–Crippen MR) is 102 cm³/mol. The second kappa shape index (κ2) is 5.64. The van der Waals surface area contributed by atoms with Gasteiger partial charge >= 0.3 is 0 Å². The van der Waals surface area contributed by atoms with Gasteiger partial charge in [0, 0.05) is 24.7 Å². The lowest BCUT2D eigenvalue weighted by molar-refractivity contribution is -0.00613. The van der Waals surface area contributed by atoms with Crippen LogP contribution in [0.1, 0.15) is 62.5 Å². The van der Waals surface area contributed by atoms with E-state index in [9.17, 15) is 5.11 Å². The van der Waals surface area contributed by atoms with Crippen LogP contribution in [0.3, 0.4) is 0 Å². The number of hydrogen-bond acceptors (Lipinski definition) is 3. The first kappa shape index (κ1) is 16.0. The first-order valence-electron chi connectivity index (χ1n) is 10.4. The average Bonchev–Trinajstić information content (AvgIpc) is 3.03. The van der Waals surface area contributed by atoms with Crippen LogP contribution in [0.15, 0.2) is 12.1 Å². The summed E-state index contributed by atoms with van der Waals surface area (Å²) in [5.74, 6) is 3.28. The fraction of sp³-hybridized carbons (Fsp3) is 0.727. The van der Waals surface area contributed by atoms with Crippen LogP contribution in [-0.2, 0) is 5.41 Å². The summed E-state index contributed by atoms with van der Waals surface area (Å²) in [6.07, 6.45) is 10.6. The molecule has 6 rings (SSSR count). The number of benzene rings is 1. The molecule has 0 radical (unpaired) electrons. The van der Waals surface area contributed by atoms with E-state index in [1.807, 2.05) is 0 Å². The maximum atomic E-state index is 11.4. The number of aromatic hydroxyl groups is 1. The third kappa shape index (κ3) is 2.42. The Labute approximate surface area is 151 Å². The van der Waals surface area contributed by atoms with Gasteiger partial charge in [-0.3, -0.25) is 0 Å². The van der Waals surface area contributed by atoms with E-state index in [1.165, 1.54) is 56.1 Å². The maximum Gasteiger partial charge on any atom is 0.142 e. The van der Waals surface area contributed by atoms with Gasteiger partial charge in [0.25, 0.3) is 0 Å². The van der Waals surface area contributed by atoms with E-state index in [2.05, 4.69) is 24.0 Å². The van der Waals surface area contributed by atoms with E-state index in [0.717, 1.165) is 36.4 Å². The van der Waals surface area contributed by atoms with Gasteiger partial charge in [0.2, 0.25) is 0 Å². The number of phenols is 1. The summed E-state index contributed by atoms with van der Waals surface area (Å²) < 4.78 is 0. The lowest BCUT2D eigenvalue weighted by Crippen LogP contribution is -2.48.